The molecule has 3 aromatic carbocycles. The molecule has 7 heteroatoms. The first-order chi connectivity index (χ1) is 16.5. The Labute approximate surface area is 203 Å². The number of hydrogen-bond donors (Lipinski definition) is 2. The van der Waals surface area contributed by atoms with E-state index in [0.717, 1.165) is 20.8 Å². The number of ether oxygens (including phenoxy) is 1. The first-order valence-electron chi connectivity index (χ1n) is 11.2. The lowest BCUT2D eigenvalue weighted by atomic mass is 9.78. The molecule has 4 rings (SSSR count). The van der Waals surface area contributed by atoms with Crippen LogP contribution < -0.4 is 15.4 Å². The summed E-state index contributed by atoms with van der Waals surface area (Å²) in [5, 5.41) is 6.65. The van der Waals surface area contributed by atoms with Crippen LogP contribution in [0.5, 0.6) is 5.75 Å². The Hall–Kier alpha value is -3.71. The SMILES string of the molecule is CCNC(=O)COc1ccc(NC(=O)C(C)(Cc2nc3ccccc3s2)c2ccccc2)cc1. The largest absolute Gasteiger partial charge is 0.484 e. The fourth-order valence-electron chi connectivity index (χ4n) is 3.72. The molecular weight excluding hydrogens is 446 g/mol. The Morgan fingerprint density at radius 1 is 0.971 bits per heavy atom. The molecule has 0 radical (unpaired) electrons. The summed E-state index contributed by atoms with van der Waals surface area (Å²) < 4.78 is 6.60. The van der Waals surface area contributed by atoms with Crippen LogP contribution in [0.1, 0.15) is 24.4 Å². The van der Waals surface area contributed by atoms with Crippen molar-refractivity contribution in [1.82, 2.24) is 10.3 Å². The minimum atomic E-state index is -0.817. The summed E-state index contributed by atoms with van der Waals surface area (Å²) in [4.78, 5) is 30.0. The molecule has 0 aliphatic rings. The van der Waals surface area contributed by atoms with Crippen LogP contribution in [-0.2, 0) is 21.4 Å². The summed E-state index contributed by atoms with van der Waals surface area (Å²) in [5.41, 5.74) is 1.71. The molecule has 1 atom stereocenters. The number of benzene rings is 3. The molecule has 0 aliphatic heterocycles. The van der Waals surface area contributed by atoms with Gasteiger partial charge in [0.25, 0.3) is 5.91 Å². The number of nitrogens with one attached hydrogen (secondary N) is 2. The molecule has 0 spiro atoms. The fraction of sp³-hybridized carbons (Fsp3) is 0.222. The molecule has 6 nitrogen and oxygen atoms in total. The zero-order valence-corrected chi connectivity index (χ0v) is 20.0. The van der Waals surface area contributed by atoms with Gasteiger partial charge in [0.05, 0.1) is 20.6 Å². The van der Waals surface area contributed by atoms with Crippen LogP contribution in [0.4, 0.5) is 5.69 Å². The van der Waals surface area contributed by atoms with Gasteiger partial charge in [-0.3, -0.25) is 9.59 Å². The predicted octanol–water partition coefficient (Wildman–Crippen LogP) is 4.95. The molecule has 2 amide bonds. The van der Waals surface area contributed by atoms with Crippen molar-refractivity contribution in [2.75, 3.05) is 18.5 Å². The number of hydrogen-bond acceptors (Lipinski definition) is 5. The maximum atomic E-state index is 13.6. The lowest BCUT2D eigenvalue weighted by Crippen LogP contribution is -2.39. The van der Waals surface area contributed by atoms with Crippen molar-refractivity contribution in [3.05, 3.63) is 89.4 Å². The van der Waals surface area contributed by atoms with E-state index in [0.29, 0.717) is 24.4 Å². The van der Waals surface area contributed by atoms with Gasteiger partial charge in [0, 0.05) is 18.7 Å². The minimum Gasteiger partial charge on any atom is -0.484 e. The molecule has 1 heterocycles. The Bertz CT molecular complexity index is 1240. The van der Waals surface area contributed by atoms with Crippen LogP contribution in [0.2, 0.25) is 0 Å². The smallest absolute Gasteiger partial charge is 0.257 e. The van der Waals surface area contributed by atoms with Gasteiger partial charge in [-0.15, -0.1) is 11.3 Å². The minimum absolute atomic E-state index is 0.0478. The van der Waals surface area contributed by atoms with Gasteiger partial charge >= 0.3 is 0 Å². The van der Waals surface area contributed by atoms with E-state index in [1.165, 1.54) is 0 Å². The fourth-order valence-corrected chi connectivity index (χ4v) is 4.84. The third-order valence-corrected chi connectivity index (χ3v) is 6.65. The van der Waals surface area contributed by atoms with Gasteiger partial charge < -0.3 is 15.4 Å². The number of likely N-dealkylation sites (N-methyl/N-ethyl adjacent to an activating group) is 1. The highest BCUT2D eigenvalue weighted by Gasteiger charge is 2.36. The molecule has 1 aromatic heterocycles. The van der Waals surface area contributed by atoms with Crippen molar-refractivity contribution in [2.45, 2.75) is 25.7 Å². The summed E-state index contributed by atoms with van der Waals surface area (Å²) in [6.45, 7) is 4.32. The highest BCUT2D eigenvalue weighted by Crippen LogP contribution is 2.33. The van der Waals surface area contributed by atoms with Crippen molar-refractivity contribution in [2.24, 2.45) is 0 Å². The molecule has 0 saturated carbocycles. The Balaban J connectivity index is 1.52. The van der Waals surface area contributed by atoms with Gasteiger partial charge in [-0.2, -0.15) is 0 Å². The molecule has 0 aliphatic carbocycles. The Kier molecular flexibility index (Phi) is 7.23. The number of nitrogens with zero attached hydrogens (tertiary/aromatic N) is 1. The molecule has 0 bridgehead atoms. The van der Waals surface area contributed by atoms with Crippen molar-refractivity contribution in [3.8, 4) is 5.75 Å². The van der Waals surface area contributed by atoms with Gasteiger partial charge in [-0.1, -0.05) is 42.5 Å². The van der Waals surface area contributed by atoms with Gasteiger partial charge in [0.1, 0.15) is 5.75 Å². The average Bonchev–Trinajstić information content (AvgIpc) is 3.26. The van der Waals surface area contributed by atoms with Crippen LogP contribution in [0.3, 0.4) is 0 Å². The average molecular weight is 474 g/mol. The number of fused-ring (bicyclic) bond motifs is 1. The van der Waals surface area contributed by atoms with E-state index >= 15 is 0 Å². The van der Waals surface area contributed by atoms with E-state index in [-0.39, 0.29) is 18.4 Å². The van der Waals surface area contributed by atoms with Gasteiger partial charge in [-0.05, 0) is 55.8 Å². The highest BCUT2D eigenvalue weighted by atomic mass is 32.1. The van der Waals surface area contributed by atoms with Crippen LogP contribution in [0.15, 0.2) is 78.9 Å². The maximum Gasteiger partial charge on any atom is 0.257 e. The molecule has 34 heavy (non-hydrogen) atoms. The van der Waals surface area contributed by atoms with E-state index in [9.17, 15) is 9.59 Å². The molecule has 2 N–H and O–H groups in total. The number of carbonyl (C=O) groups excluding carboxylic acids is 2. The highest BCUT2D eigenvalue weighted by molar-refractivity contribution is 7.18. The zero-order valence-electron chi connectivity index (χ0n) is 19.2. The van der Waals surface area contributed by atoms with E-state index in [1.54, 1.807) is 35.6 Å². The molecule has 0 saturated heterocycles. The van der Waals surface area contributed by atoms with Crippen molar-refractivity contribution in [3.63, 3.8) is 0 Å². The summed E-state index contributed by atoms with van der Waals surface area (Å²) in [6, 6.07) is 24.8. The molecular formula is C27H27N3O3S. The normalized spacial score (nSPS) is 12.6. The molecule has 1 unspecified atom stereocenters. The first-order valence-corrected chi connectivity index (χ1v) is 12.0. The number of rotatable bonds is 9. The monoisotopic (exact) mass is 473 g/mol. The predicted molar refractivity (Wildman–Crippen MR) is 136 cm³/mol. The molecule has 0 fully saturated rings. The topological polar surface area (TPSA) is 80.3 Å². The molecule has 174 valence electrons. The van der Waals surface area contributed by atoms with Gasteiger partial charge in [0.15, 0.2) is 6.61 Å². The number of carbonyl (C=O) groups is 2. The third-order valence-electron chi connectivity index (χ3n) is 5.61. The second kappa shape index (κ2) is 10.5. The van der Waals surface area contributed by atoms with Crippen molar-refractivity contribution < 1.29 is 14.3 Å². The van der Waals surface area contributed by atoms with E-state index in [4.69, 9.17) is 9.72 Å². The second-order valence-electron chi connectivity index (χ2n) is 8.17. The van der Waals surface area contributed by atoms with Crippen molar-refractivity contribution >= 4 is 39.1 Å². The number of thiazole rings is 1. The number of amides is 2. The van der Waals surface area contributed by atoms with Crippen molar-refractivity contribution in [1.29, 1.82) is 0 Å². The van der Waals surface area contributed by atoms with E-state index < -0.39 is 5.41 Å². The quantitative estimate of drug-likeness (QED) is 0.360. The standard InChI is InChI=1S/C27H27N3O3S/c1-3-28-24(31)18-33-21-15-13-20(14-16-21)29-26(32)27(2,19-9-5-4-6-10-19)17-25-30-22-11-7-8-12-23(22)34-25/h4-16H,3,17-18H2,1-2H3,(H,28,31)(H,29,32). The zero-order chi connectivity index (χ0) is 24.0. The number of anilines is 1. The Morgan fingerprint density at radius 2 is 1.68 bits per heavy atom. The number of aromatic nitrogens is 1. The molecule has 4 aromatic rings. The van der Waals surface area contributed by atoms with E-state index in [2.05, 4.69) is 10.6 Å². The van der Waals surface area contributed by atoms with Crippen LogP contribution in [-0.4, -0.2) is 29.9 Å². The Morgan fingerprint density at radius 3 is 2.38 bits per heavy atom. The number of para-hydroxylation sites is 1. The van der Waals surface area contributed by atoms with E-state index in [1.807, 2.05) is 68.4 Å². The van der Waals surface area contributed by atoms with Gasteiger partial charge in [0.2, 0.25) is 5.91 Å². The maximum absolute atomic E-state index is 13.6. The van der Waals surface area contributed by atoms with Crippen LogP contribution in [0.25, 0.3) is 10.2 Å². The lowest BCUT2D eigenvalue weighted by Gasteiger charge is -2.28. The summed E-state index contributed by atoms with van der Waals surface area (Å²) >= 11 is 1.62. The second-order valence-corrected chi connectivity index (χ2v) is 9.29. The van der Waals surface area contributed by atoms with Crippen LogP contribution in [0, 0.1) is 0 Å². The first kappa shape index (κ1) is 23.4. The summed E-state index contributed by atoms with van der Waals surface area (Å²) in [7, 11) is 0. The van der Waals surface area contributed by atoms with Gasteiger partial charge in [-0.25, -0.2) is 4.98 Å². The summed E-state index contributed by atoms with van der Waals surface area (Å²) in [6.07, 6.45) is 0.482. The van der Waals surface area contributed by atoms with Crippen LogP contribution >= 0.6 is 11.3 Å². The third kappa shape index (κ3) is 5.43. The summed E-state index contributed by atoms with van der Waals surface area (Å²) in [5.74, 6) is 0.270. The lowest BCUT2D eigenvalue weighted by molar-refractivity contribution is -0.123.